The van der Waals surface area contributed by atoms with Gasteiger partial charge in [-0.15, -0.1) is 0 Å². The molecule has 1 heterocycles. The van der Waals surface area contributed by atoms with Crippen LogP contribution in [0.25, 0.3) is 0 Å². The molecule has 0 atom stereocenters. The maximum Gasteiger partial charge on any atom is 0.223 e. The second-order valence-corrected chi connectivity index (χ2v) is 5.70. The first-order valence-electron chi connectivity index (χ1n) is 7.32. The lowest BCUT2D eigenvalue weighted by Crippen LogP contribution is -2.34. The molecule has 1 aromatic heterocycles. The molecule has 20 heavy (non-hydrogen) atoms. The molecule has 0 spiro atoms. The number of hydrogen-bond acceptors (Lipinski definition) is 3. The van der Waals surface area contributed by atoms with Crippen molar-refractivity contribution < 1.29 is 9.53 Å². The van der Waals surface area contributed by atoms with Gasteiger partial charge in [0.2, 0.25) is 5.91 Å². The number of aryl methyl sites for hydroxylation is 2. The minimum atomic E-state index is 0.138. The van der Waals surface area contributed by atoms with Crippen LogP contribution in [0, 0.1) is 19.8 Å². The number of carbonyl (C=O) groups excluding carboxylic acids is 1. The third kappa shape index (κ3) is 3.20. The van der Waals surface area contributed by atoms with Crippen LogP contribution >= 0.6 is 0 Å². The van der Waals surface area contributed by atoms with Crippen molar-refractivity contribution in [3.63, 3.8) is 0 Å². The van der Waals surface area contributed by atoms with Crippen LogP contribution in [-0.2, 0) is 23.1 Å². The molecular weight excluding hydrogens is 254 g/mol. The van der Waals surface area contributed by atoms with Crippen LogP contribution in [0.4, 0.5) is 0 Å². The number of carbonyl (C=O) groups is 1. The van der Waals surface area contributed by atoms with Crippen LogP contribution in [0.5, 0.6) is 0 Å². The van der Waals surface area contributed by atoms with Crippen LogP contribution in [0.2, 0.25) is 0 Å². The summed E-state index contributed by atoms with van der Waals surface area (Å²) in [4.78, 5) is 12.2. The topological polar surface area (TPSA) is 56.1 Å². The Balaban J connectivity index is 1.86. The number of amides is 1. The number of hydrogen-bond donors (Lipinski definition) is 1. The summed E-state index contributed by atoms with van der Waals surface area (Å²) in [5.74, 6) is 0.306. The molecule has 0 radical (unpaired) electrons. The Labute approximate surface area is 120 Å². The molecular formula is C15H25N3O2. The quantitative estimate of drug-likeness (QED) is 0.915. The molecule has 5 heteroatoms. The summed E-state index contributed by atoms with van der Waals surface area (Å²) >= 11 is 0. The van der Waals surface area contributed by atoms with E-state index >= 15 is 0 Å². The van der Waals surface area contributed by atoms with Gasteiger partial charge >= 0.3 is 0 Å². The van der Waals surface area contributed by atoms with E-state index in [4.69, 9.17) is 4.74 Å². The van der Waals surface area contributed by atoms with Gasteiger partial charge in [0.15, 0.2) is 0 Å². The first-order valence-corrected chi connectivity index (χ1v) is 7.32. The minimum absolute atomic E-state index is 0.138. The van der Waals surface area contributed by atoms with E-state index in [1.165, 1.54) is 0 Å². The maximum absolute atomic E-state index is 12.2. The fourth-order valence-corrected chi connectivity index (χ4v) is 2.95. The predicted octanol–water partition coefficient (Wildman–Crippen LogP) is 1.86. The summed E-state index contributed by atoms with van der Waals surface area (Å²) in [6.45, 7) is 4.60. The first-order chi connectivity index (χ1) is 9.52. The van der Waals surface area contributed by atoms with E-state index in [-0.39, 0.29) is 11.8 Å². The molecule has 1 fully saturated rings. The fraction of sp³-hybridized carbons (Fsp3) is 0.733. The van der Waals surface area contributed by atoms with E-state index < -0.39 is 0 Å². The molecule has 112 valence electrons. The zero-order chi connectivity index (χ0) is 14.7. The average molecular weight is 279 g/mol. The molecule has 5 nitrogen and oxygen atoms in total. The number of aromatic nitrogens is 2. The average Bonchev–Trinajstić information content (AvgIpc) is 2.70. The van der Waals surface area contributed by atoms with Gasteiger partial charge in [-0.3, -0.25) is 9.48 Å². The van der Waals surface area contributed by atoms with Gasteiger partial charge in [-0.1, -0.05) is 0 Å². The number of ether oxygens (including phenoxy) is 1. The van der Waals surface area contributed by atoms with Crippen molar-refractivity contribution in [3.05, 3.63) is 17.0 Å². The Hall–Kier alpha value is -1.36. The number of methoxy groups -OCH3 is 1. The van der Waals surface area contributed by atoms with E-state index in [0.29, 0.717) is 12.6 Å². The molecule has 1 saturated carbocycles. The molecule has 1 aromatic rings. The molecule has 1 N–H and O–H groups in total. The van der Waals surface area contributed by atoms with Crippen LogP contribution < -0.4 is 5.32 Å². The van der Waals surface area contributed by atoms with E-state index in [9.17, 15) is 4.79 Å². The molecule has 0 bridgehead atoms. The molecule has 1 aliphatic rings. The molecule has 0 unspecified atom stereocenters. The Kier molecular flexibility index (Phi) is 4.81. The van der Waals surface area contributed by atoms with Gasteiger partial charge in [0, 0.05) is 37.9 Å². The normalized spacial score (nSPS) is 22.8. The summed E-state index contributed by atoms with van der Waals surface area (Å²) in [7, 11) is 3.68. The minimum Gasteiger partial charge on any atom is -0.381 e. The van der Waals surface area contributed by atoms with Gasteiger partial charge in [-0.05, 0) is 39.5 Å². The van der Waals surface area contributed by atoms with Crippen LogP contribution in [0.3, 0.4) is 0 Å². The lowest BCUT2D eigenvalue weighted by molar-refractivity contribution is -0.126. The second-order valence-electron chi connectivity index (χ2n) is 5.70. The van der Waals surface area contributed by atoms with E-state index in [1.807, 2.05) is 25.6 Å². The molecule has 0 aliphatic heterocycles. The van der Waals surface area contributed by atoms with Crippen LogP contribution in [0.1, 0.15) is 42.6 Å². The van der Waals surface area contributed by atoms with E-state index in [0.717, 1.165) is 42.6 Å². The summed E-state index contributed by atoms with van der Waals surface area (Å²) in [6.07, 6.45) is 4.16. The third-order valence-corrected chi connectivity index (χ3v) is 4.48. The smallest absolute Gasteiger partial charge is 0.223 e. The maximum atomic E-state index is 12.2. The second kappa shape index (κ2) is 6.39. The third-order valence-electron chi connectivity index (χ3n) is 4.48. The van der Waals surface area contributed by atoms with Crippen molar-refractivity contribution in [2.24, 2.45) is 13.0 Å². The van der Waals surface area contributed by atoms with E-state index in [1.54, 1.807) is 7.11 Å². The highest BCUT2D eigenvalue weighted by molar-refractivity contribution is 5.78. The highest BCUT2D eigenvalue weighted by Gasteiger charge is 2.26. The van der Waals surface area contributed by atoms with Crippen molar-refractivity contribution >= 4 is 5.91 Å². The first kappa shape index (κ1) is 15.0. The summed E-state index contributed by atoms with van der Waals surface area (Å²) in [5.41, 5.74) is 3.24. The lowest BCUT2D eigenvalue weighted by atomic mass is 9.87. The summed E-state index contributed by atoms with van der Waals surface area (Å²) in [6, 6.07) is 0. The van der Waals surface area contributed by atoms with Gasteiger partial charge in [0.05, 0.1) is 11.8 Å². The van der Waals surface area contributed by atoms with Gasteiger partial charge in [0.25, 0.3) is 0 Å². The van der Waals surface area contributed by atoms with E-state index in [2.05, 4.69) is 10.4 Å². The SMILES string of the molecule is COC1CCC(C(=O)NCc2c(C)nn(C)c2C)CC1. The van der Waals surface area contributed by atoms with Crippen molar-refractivity contribution in [2.45, 2.75) is 52.2 Å². The van der Waals surface area contributed by atoms with Gasteiger partial charge in [-0.25, -0.2) is 0 Å². The molecule has 2 rings (SSSR count). The van der Waals surface area contributed by atoms with Crippen molar-refractivity contribution in [1.82, 2.24) is 15.1 Å². The van der Waals surface area contributed by atoms with Gasteiger partial charge < -0.3 is 10.1 Å². The van der Waals surface area contributed by atoms with Crippen LogP contribution in [-0.4, -0.2) is 28.9 Å². The number of rotatable bonds is 4. The predicted molar refractivity (Wildman–Crippen MR) is 77.3 cm³/mol. The largest absolute Gasteiger partial charge is 0.381 e. The van der Waals surface area contributed by atoms with Crippen molar-refractivity contribution in [2.75, 3.05) is 7.11 Å². The van der Waals surface area contributed by atoms with Crippen molar-refractivity contribution in [1.29, 1.82) is 0 Å². The standard InChI is InChI=1S/C15H25N3O2/c1-10-14(11(2)18(3)17-10)9-16-15(19)12-5-7-13(20-4)8-6-12/h12-13H,5-9H2,1-4H3,(H,16,19). The number of nitrogens with one attached hydrogen (secondary N) is 1. The Morgan fingerprint density at radius 3 is 2.50 bits per heavy atom. The summed E-state index contributed by atoms with van der Waals surface area (Å²) < 4.78 is 7.20. The highest BCUT2D eigenvalue weighted by atomic mass is 16.5. The Morgan fingerprint density at radius 1 is 1.35 bits per heavy atom. The lowest BCUT2D eigenvalue weighted by Gasteiger charge is -2.26. The fourth-order valence-electron chi connectivity index (χ4n) is 2.95. The molecule has 1 aliphatic carbocycles. The molecule has 1 amide bonds. The molecule has 0 aromatic carbocycles. The monoisotopic (exact) mass is 279 g/mol. The highest BCUT2D eigenvalue weighted by Crippen LogP contribution is 2.26. The molecule has 0 saturated heterocycles. The zero-order valence-corrected chi connectivity index (χ0v) is 12.9. The zero-order valence-electron chi connectivity index (χ0n) is 12.9. The van der Waals surface area contributed by atoms with Gasteiger partial charge in [0.1, 0.15) is 0 Å². The van der Waals surface area contributed by atoms with Crippen molar-refractivity contribution in [3.8, 4) is 0 Å². The number of nitrogens with zero attached hydrogens (tertiary/aromatic N) is 2. The van der Waals surface area contributed by atoms with Crippen LogP contribution in [0.15, 0.2) is 0 Å². The van der Waals surface area contributed by atoms with Gasteiger partial charge in [-0.2, -0.15) is 5.10 Å². The summed E-state index contributed by atoms with van der Waals surface area (Å²) in [5, 5.41) is 7.43. The Morgan fingerprint density at radius 2 is 2.00 bits per heavy atom. The Bertz CT molecular complexity index is 474.